The molecule has 0 spiro atoms. The summed E-state index contributed by atoms with van der Waals surface area (Å²) < 4.78 is 34.4. The van der Waals surface area contributed by atoms with Crippen molar-refractivity contribution in [3.8, 4) is 0 Å². The van der Waals surface area contributed by atoms with Crippen LogP contribution in [0.4, 0.5) is 0 Å². The Bertz CT molecular complexity index is 565. The van der Waals surface area contributed by atoms with Crippen LogP contribution in [0.2, 0.25) is 0 Å². The Labute approximate surface area is 106 Å². The van der Waals surface area contributed by atoms with E-state index in [1.807, 2.05) is 0 Å². The van der Waals surface area contributed by atoms with Crippen LogP contribution in [0.5, 0.6) is 0 Å². The lowest BCUT2D eigenvalue weighted by Crippen LogP contribution is -2.29. The number of rotatable bonds is 3. The van der Waals surface area contributed by atoms with Gasteiger partial charge in [0.1, 0.15) is 5.78 Å². The first-order valence-corrected chi connectivity index (χ1v) is 5.43. The topological polar surface area (TPSA) is 43.4 Å². The number of benzene rings is 1. The molecule has 1 aliphatic rings. The van der Waals surface area contributed by atoms with Crippen molar-refractivity contribution in [2.45, 2.75) is 25.6 Å². The third kappa shape index (κ3) is 2.23. The molecule has 1 saturated carbocycles. The molecule has 0 bridgehead atoms. The fraction of sp³-hybridized carbons (Fsp3) is 0.429. The first-order chi connectivity index (χ1) is 9.70. The van der Waals surface area contributed by atoms with Gasteiger partial charge in [0.2, 0.25) is 0 Å². The van der Waals surface area contributed by atoms with Gasteiger partial charge in [-0.15, -0.1) is 0 Å². The standard InChI is InChI=1S/C14H16O3/c1-9(15)12-7-8-13(12)10-3-5-11(6-4-10)14(16)17-2/h3-6,12-13H,7-8H2,1-2H3/t12-,13+/m1/s1/i1D3,12D. The predicted molar refractivity (Wildman–Crippen MR) is 63.9 cm³/mol. The van der Waals surface area contributed by atoms with Gasteiger partial charge in [-0.1, -0.05) is 12.1 Å². The van der Waals surface area contributed by atoms with Gasteiger partial charge in [0.25, 0.3) is 0 Å². The molecule has 0 aromatic heterocycles. The molecule has 1 fully saturated rings. The van der Waals surface area contributed by atoms with Crippen LogP contribution in [0, 0.1) is 5.89 Å². The zero-order valence-corrected chi connectivity index (χ0v) is 9.53. The highest BCUT2D eigenvalue weighted by Gasteiger charge is 2.35. The first-order valence-electron chi connectivity index (χ1n) is 7.43. The number of carbonyl (C=O) groups excluding carboxylic acids is 2. The van der Waals surface area contributed by atoms with Crippen LogP contribution in [-0.2, 0) is 9.53 Å². The maximum absolute atomic E-state index is 11.9. The van der Waals surface area contributed by atoms with Crippen LogP contribution in [0.15, 0.2) is 24.3 Å². The molecule has 2 rings (SSSR count). The molecule has 0 unspecified atom stereocenters. The normalized spacial score (nSPS) is 31.2. The van der Waals surface area contributed by atoms with E-state index in [-0.39, 0.29) is 6.42 Å². The van der Waals surface area contributed by atoms with E-state index in [4.69, 9.17) is 5.48 Å². The maximum atomic E-state index is 11.9. The average Bonchev–Trinajstić information content (AvgIpc) is 2.43. The molecule has 0 amide bonds. The van der Waals surface area contributed by atoms with Gasteiger partial charge >= 0.3 is 5.97 Å². The molecule has 0 saturated heterocycles. The molecule has 1 aromatic rings. The minimum Gasteiger partial charge on any atom is -0.465 e. The van der Waals surface area contributed by atoms with Crippen molar-refractivity contribution >= 4 is 11.8 Å². The van der Waals surface area contributed by atoms with Gasteiger partial charge in [-0.05, 0) is 43.3 Å². The van der Waals surface area contributed by atoms with E-state index in [0.717, 1.165) is 0 Å². The Kier molecular flexibility index (Phi) is 2.11. The van der Waals surface area contributed by atoms with Gasteiger partial charge < -0.3 is 4.74 Å². The largest absolute Gasteiger partial charge is 0.465 e. The molecule has 17 heavy (non-hydrogen) atoms. The minimum absolute atomic E-state index is 0.244. The van der Waals surface area contributed by atoms with Crippen molar-refractivity contribution in [1.29, 1.82) is 0 Å². The van der Waals surface area contributed by atoms with E-state index in [2.05, 4.69) is 4.74 Å². The van der Waals surface area contributed by atoms with Crippen LogP contribution in [0.1, 0.15) is 47.0 Å². The quantitative estimate of drug-likeness (QED) is 0.757. The van der Waals surface area contributed by atoms with Gasteiger partial charge in [-0.3, -0.25) is 4.79 Å². The highest BCUT2D eigenvalue weighted by Crippen LogP contribution is 2.42. The Morgan fingerprint density at radius 2 is 2.06 bits per heavy atom. The molecule has 0 N–H and O–H groups in total. The van der Waals surface area contributed by atoms with Crippen LogP contribution >= 0.6 is 0 Å². The number of carbonyl (C=O) groups is 2. The third-order valence-corrected chi connectivity index (χ3v) is 3.15. The van der Waals surface area contributed by atoms with Crippen LogP contribution < -0.4 is 0 Å². The first kappa shape index (κ1) is 7.64. The van der Waals surface area contributed by atoms with Gasteiger partial charge in [-0.2, -0.15) is 0 Å². The molecule has 3 nitrogen and oxygen atoms in total. The number of hydrogen-bond donors (Lipinski definition) is 0. The van der Waals surface area contributed by atoms with E-state index >= 15 is 0 Å². The molecule has 0 heterocycles. The number of ketones is 1. The Balaban J connectivity index is 2.23. The molecule has 0 radical (unpaired) electrons. The number of Topliss-reactive ketones (excluding diaryl/α,β-unsaturated/α-hetero) is 1. The average molecular weight is 236 g/mol. The van der Waals surface area contributed by atoms with Crippen LogP contribution in [-0.4, -0.2) is 18.9 Å². The van der Waals surface area contributed by atoms with Crippen molar-refractivity contribution in [2.75, 3.05) is 7.11 Å². The SMILES string of the molecule is [2H]C([2H])([2H])C(=O)[C@@]1([2H])CC[C@H]1c1ccc(C(=O)OC)cc1. The molecular weight excluding hydrogens is 216 g/mol. The summed E-state index contributed by atoms with van der Waals surface area (Å²) in [6.07, 6.45) is 0.830. The highest BCUT2D eigenvalue weighted by atomic mass is 16.5. The summed E-state index contributed by atoms with van der Waals surface area (Å²) in [6, 6.07) is 6.40. The smallest absolute Gasteiger partial charge is 0.337 e. The third-order valence-electron chi connectivity index (χ3n) is 3.15. The number of hydrogen-bond acceptors (Lipinski definition) is 3. The van der Waals surface area contributed by atoms with E-state index < -0.39 is 30.4 Å². The van der Waals surface area contributed by atoms with Crippen molar-refractivity contribution in [1.82, 2.24) is 0 Å². The van der Waals surface area contributed by atoms with E-state index in [1.54, 1.807) is 24.3 Å². The molecule has 2 atom stereocenters. The molecule has 1 aliphatic carbocycles. The van der Waals surface area contributed by atoms with Crippen molar-refractivity contribution < 1.29 is 19.8 Å². The summed E-state index contributed by atoms with van der Waals surface area (Å²) in [5.41, 5.74) is 1.07. The Morgan fingerprint density at radius 3 is 2.53 bits per heavy atom. The fourth-order valence-electron chi connectivity index (χ4n) is 2.04. The summed E-state index contributed by atoms with van der Waals surface area (Å²) in [4.78, 5) is 23.3. The van der Waals surface area contributed by atoms with E-state index in [0.29, 0.717) is 17.5 Å². The van der Waals surface area contributed by atoms with E-state index in [9.17, 15) is 9.59 Å². The van der Waals surface area contributed by atoms with Gasteiger partial charge in [-0.25, -0.2) is 4.79 Å². The summed E-state index contributed by atoms with van der Waals surface area (Å²) >= 11 is 0. The summed E-state index contributed by atoms with van der Waals surface area (Å²) in [7, 11) is 1.28. The highest BCUT2D eigenvalue weighted by molar-refractivity contribution is 5.89. The second-order valence-electron chi connectivity index (χ2n) is 4.06. The molecule has 90 valence electrons. The van der Waals surface area contributed by atoms with Crippen molar-refractivity contribution in [3.63, 3.8) is 0 Å². The molecule has 1 aromatic carbocycles. The number of methoxy groups -OCH3 is 1. The Hall–Kier alpha value is -1.64. The number of esters is 1. The predicted octanol–water partition coefficient (Wildman–Crippen LogP) is 2.56. The number of ether oxygens (including phenoxy) is 1. The summed E-state index contributed by atoms with van der Waals surface area (Å²) in [5.74, 6) is -3.52. The lowest BCUT2D eigenvalue weighted by molar-refractivity contribution is -0.123. The van der Waals surface area contributed by atoms with Crippen LogP contribution in [0.25, 0.3) is 0 Å². The van der Waals surface area contributed by atoms with Gasteiger partial charge in [0.15, 0.2) is 0 Å². The summed E-state index contributed by atoms with van der Waals surface area (Å²) in [5, 5.41) is 0. The molecule has 0 aliphatic heterocycles. The second kappa shape index (κ2) is 4.70. The maximum Gasteiger partial charge on any atom is 0.337 e. The van der Waals surface area contributed by atoms with Gasteiger partial charge in [0, 0.05) is 11.4 Å². The van der Waals surface area contributed by atoms with Crippen molar-refractivity contribution in [2.24, 2.45) is 5.89 Å². The van der Waals surface area contributed by atoms with Gasteiger partial charge in [0.05, 0.1) is 12.7 Å². The fourth-order valence-corrected chi connectivity index (χ4v) is 2.04. The molecular formula is C14H16O3. The summed E-state index contributed by atoms with van der Waals surface area (Å²) in [6.45, 7) is -2.76. The zero-order chi connectivity index (χ0) is 15.8. The lowest BCUT2D eigenvalue weighted by atomic mass is 9.68. The molecule has 3 heteroatoms. The van der Waals surface area contributed by atoms with E-state index in [1.165, 1.54) is 7.11 Å². The Morgan fingerprint density at radius 1 is 1.35 bits per heavy atom. The van der Waals surface area contributed by atoms with Crippen LogP contribution in [0.3, 0.4) is 0 Å². The lowest BCUT2D eigenvalue weighted by Gasteiger charge is -2.35. The zero-order valence-electron chi connectivity index (χ0n) is 13.5. The van der Waals surface area contributed by atoms with Crippen molar-refractivity contribution in [3.05, 3.63) is 35.4 Å². The second-order valence-corrected chi connectivity index (χ2v) is 4.06. The monoisotopic (exact) mass is 236 g/mol. The minimum atomic E-state index is -2.76.